The van der Waals surface area contributed by atoms with Crippen LogP contribution >= 0.6 is 0 Å². The second-order valence-corrected chi connectivity index (χ2v) is 3.99. The lowest BCUT2D eigenvalue weighted by molar-refractivity contribution is 0.269. The number of nitrogens with zero attached hydrogens (tertiary/aromatic N) is 1. The zero-order chi connectivity index (χ0) is 9.38. The summed E-state index contributed by atoms with van der Waals surface area (Å²) in [6, 6.07) is 8.59. The monoisotopic (exact) mass is 189 g/mol. The van der Waals surface area contributed by atoms with Gasteiger partial charge in [0.05, 0.1) is 12.8 Å². The predicted octanol–water partition coefficient (Wildman–Crippen LogP) is 0.843. The van der Waals surface area contributed by atoms with Gasteiger partial charge in [0.25, 0.3) is 0 Å². The fourth-order valence-corrected chi connectivity index (χ4v) is 2.29. The Morgan fingerprint density at radius 1 is 1.29 bits per heavy atom. The van der Waals surface area contributed by atoms with Gasteiger partial charge >= 0.3 is 0 Å². The van der Waals surface area contributed by atoms with Gasteiger partial charge in [-0.05, 0) is 11.6 Å². The van der Waals surface area contributed by atoms with Crippen LogP contribution in [0.2, 0.25) is 0 Å². The van der Waals surface area contributed by atoms with Crippen molar-refractivity contribution >= 4 is 5.69 Å². The van der Waals surface area contributed by atoms with Crippen molar-refractivity contribution in [2.75, 3.05) is 25.1 Å². The molecule has 1 aromatic carbocycles. The Hall–Kier alpha value is -1.06. The van der Waals surface area contributed by atoms with Crippen molar-refractivity contribution in [3.05, 3.63) is 29.8 Å². The maximum atomic E-state index is 3.56. The number of hydrogen-bond acceptors (Lipinski definition) is 3. The zero-order valence-corrected chi connectivity index (χ0v) is 8.16. The van der Waals surface area contributed by atoms with Crippen molar-refractivity contribution in [2.45, 2.75) is 12.6 Å². The van der Waals surface area contributed by atoms with Gasteiger partial charge in [-0.3, -0.25) is 4.90 Å². The van der Waals surface area contributed by atoms with Crippen LogP contribution in [0.1, 0.15) is 5.56 Å². The Balaban J connectivity index is 1.77. The third-order valence-corrected chi connectivity index (χ3v) is 3.08. The number of hydrogen-bond donors (Lipinski definition) is 2. The molecule has 74 valence electrons. The van der Waals surface area contributed by atoms with Gasteiger partial charge in [0, 0.05) is 25.2 Å². The van der Waals surface area contributed by atoms with E-state index in [1.165, 1.54) is 11.3 Å². The van der Waals surface area contributed by atoms with Crippen LogP contribution in [0.15, 0.2) is 24.3 Å². The predicted molar refractivity (Wildman–Crippen MR) is 57.1 cm³/mol. The number of fused-ring (bicyclic) bond motifs is 1. The summed E-state index contributed by atoms with van der Waals surface area (Å²) >= 11 is 0. The van der Waals surface area contributed by atoms with E-state index < -0.39 is 0 Å². The third-order valence-electron chi connectivity index (χ3n) is 3.08. The average molecular weight is 189 g/mol. The molecule has 0 aliphatic carbocycles. The molecule has 0 amide bonds. The van der Waals surface area contributed by atoms with Crippen molar-refractivity contribution < 1.29 is 0 Å². The highest BCUT2D eigenvalue weighted by molar-refractivity contribution is 5.56. The molecule has 14 heavy (non-hydrogen) atoms. The molecule has 2 N–H and O–H groups in total. The molecule has 1 unspecified atom stereocenters. The van der Waals surface area contributed by atoms with Gasteiger partial charge < -0.3 is 10.6 Å². The third kappa shape index (κ3) is 1.29. The number of rotatable bonds is 1. The quantitative estimate of drug-likeness (QED) is 0.685. The summed E-state index contributed by atoms with van der Waals surface area (Å²) < 4.78 is 0. The van der Waals surface area contributed by atoms with Crippen molar-refractivity contribution in [1.82, 2.24) is 10.2 Å². The van der Waals surface area contributed by atoms with Crippen LogP contribution in [0.4, 0.5) is 5.69 Å². The highest BCUT2D eigenvalue weighted by atomic mass is 15.4. The number of nitrogens with one attached hydrogen (secondary N) is 2. The fraction of sp³-hybridized carbons (Fsp3) is 0.455. The van der Waals surface area contributed by atoms with Gasteiger partial charge in [0.2, 0.25) is 0 Å². The van der Waals surface area contributed by atoms with Crippen molar-refractivity contribution in [1.29, 1.82) is 0 Å². The Morgan fingerprint density at radius 3 is 3.00 bits per heavy atom. The summed E-state index contributed by atoms with van der Waals surface area (Å²) in [5.74, 6) is 0. The van der Waals surface area contributed by atoms with Crippen LogP contribution in [-0.4, -0.2) is 30.8 Å². The maximum absolute atomic E-state index is 3.56. The molecule has 1 aromatic rings. The minimum Gasteiger partial charge on any atom is -0.369 e. The van der Waals surface area contributed by atoms with E-state index in [0.717, 1.165) is 26.2 Å². The minimum atomic E-state index is 0.502. The summed E-state index contributed by atoms with van der Waals surface area (Å²) in [7, 11) is 0. The second kappa shape index (κ2) is 3.26. The SMILES string of the molecule is c1ccc2c(c1)CC(N1CCNC1)N2. The number of para-hydroxylation sites is 1. The van der Waals surface area contributed by atoms with Crippen molar-refractivity contribution in [3.8, 4) is 0 Å². The lowest BCUT2D eigenvalue weighted by Crippen LogP contribution is -2.38. The largest absolute Gasteiger partial charge is 0.369 e. The van der Waals surface area contributed by atoms with Crippen molar-refractivity contribution in [3.63, 3.8) is 0 Å². The first kappa shape index (κ1) is 8.26. The molecular weight excluding hydrogens is 174 g/mol. The molecule has 0 bridgehead atoms. The first-order valence-corrected chi connectivity index (χ1v) is 5.23. The lowest BCUT2D eigenvalue weighted by Gasteiger charge is -2.22. The van der Waals surface area contributed by atoms with Gasteiger partial charge in [-0.1, -0.05) is 18.2 Å². The van der Waals surface area contributed by atoms with E-state index in [0.29, 0.717) is 6.17 Å². The summed E-state index contributed by atoms with van der Waals surface area (Å²) in [5, 5.41) is 6.92. The smallest absolute Gasteiger partial charge is 0.0845 e. The van der Waals surface area contributed by atoms with Gasteiger partial charge in [-0.2, -0.15) is 0 Å². The molecule has 0 radical (unpaired) electrons. The maximum Gasteiger partial charge on any atom is 0.0845 e. The first-order valence-electron chi connectivity index (χ1n) is 5.23. The molecule has 0 aromatic heterocycles. The molecular formula is C11H15N3. The molecule has 1 saturated heterocycles. The average Bonchev–Trinajstić information content (AvgIpc) is 2.86. The van der Waals surface area contributed by atoms with Crippen molar-refractivity contribution in [2.24, 2.45) is 0 Å². The fourth-order valence-electron chi connectivity index (χ4n) is 2.29. The number of anilines is 1. The van der Waals surface area contributed by atoms with Crippen LogP contribution < -0.4 is 10.6 Å². The van der Waals surface area contributed by atoms with E-state index in [9.17, 15) is 0 Å². The standard InChI is InChI=1S/C11H15N3/c1-2-4-10-9(3-1)7-11(13-10)14-6-5-12-8-14/h1-4,11-13H,5-8H2. The molecule has 0 spiro atoms. The van der Waals surface area contributed by atoms with E-state index in [4.69, 9.17) is 0 Å². The summed E-state index contributed by atoms with van der Waals surface area (Å²) in [5.41, 5.74) is 2.76. The summed E-state index contributed by atoms with van der Waals surface area (Å²) in [6.07, 6.45) is 1.64. The van der Waals surface area contributed by atoms with E-state index >= 15 is 0 Å². The second-order valence-electron chi connectivity index (χ2n) is 3.99. The Labute approximate surface area is 84.1 Å². The van der Waals surface area contributed by atoms with Gasteiger partial charge in [-0.15, -0.1) is 0 Å². The molecule has 3 heteroatoms. The van der Waals surface area contributed by atoms with E-state index in [1.807, 2.05) is 0 Å². The number of benzene rings is 1. The van der Waals surface area contributed by atoms with Crippen LogP contribution in [0.3, 0.4) is 0 Å². The lowest BCUT2D eigenvalue weighted by atomic mass is 10.1. The molecule has 1 fully saturated rings. The van der Waals surface area contributed by atoms with Crippen LogP contribution in [-0.2, 0) is 6.42 Å². The first-order chi connectivity index (χ1) is 6.93. The zero-order valence-electron chi connectivity index (χ0n) is 8.16. The normalized spacial score (nSPS) is 26.1. The van der Waals surface area contributed by atoms with E-state index in [1.54, 1.807) is 0 Å². The summed E-state index contributed by atoms with van der Waals surface area (Å²) in [6.45, 7) is 3.30. The Morgan fingerprint density at radius 2 is 2.21 bits per heavy atom. The Kier molecular flexibility index (Phi) is 1.92. The molecule has 3 rings (SSSR count). The molecule has 2 heterocycles. The molecule has 1 atom stereocenters. The minimum absolute atomic E-state index is 0.502. The topological polar surface area (TPSA) is 27.3 Å². The van der Waals surface area contributed by atoms with Crippen LogP contribution in [0.25, 0.3) is 0 Å². The van der Waals surface area contributed by atoms with Crippen LogP contribution in [0, 0.1) is 0 Å². The van der Waals surface area contributed by atoms with E-state index in [-0.39, 0.29) is 0 Å². The molecule has 0 saturated carbocycles. The van der Waals surface area contributed by atoms with Gasteiger partial charge in [-0.25, -0.2) is 0 Å². The summed E-state index contributed by atoms with van der Waals surface area (Å²) in [4.78, 5) is 2.46. The van der Waals surface area contributed by atoms with Crippen LogP contribution in [0.5, 0.6) is 0 Å². The highest BCUT2D eigenvalue weighted by Gasteiger charge is 2.27. The Bertz CT molecular complexity index is 306. The molecule has 2 aliphatic rings. The highest BCUT2D eigenvalue weighted by Crippen LogP contribution is 2.26. The molecule has 2 aliphatic heterocycles. The van der Waals surface area contributed by atoms with Gasteiger partial charge in [0.1, 0.15) is 0 Å². The molecule has 3 nitrogen and oxygen atoms in total. The van der Waals surface area contributed by atoms with E-state index in [2.05, 4.69) is 39.8 Å². The van der Waals surface area contributed by atoms with Gasteiger partial charge in [0.15, 0.2) is 0 Å².